The molecule has 0 spiro atoms. The second kappa shape index (κ2) is 5.64. The summed E-state index contributed by atoms with van der Waals surface area (Å²) in [6.07, 6.45) is -0.308. The highest BCUT2D eigenvalue weighted by atomic mass is 16.6. The summed E-state index contributed by atoms with van der Waals surface area (Å²) in [6.45, 7) is 0. The minimum atomic E-state index is -0.771. The lowest BCUT2D eigenvalue weighted by Gasteiger charge is -1.99. The molecular weight excluding hydrogens is 306 g/mol. The molecule has 0 saturated carbocycles. The van der Waals surface area contributed by atoms with Crippen molar-refractivity contribution >= 4 is 5.69 Å². The van der Waals surface area contributed by atoms with Gasteiger partial charge in [-0.25, -0.2) is 4.79 Å². The van der Waals surface area contributed by atoms with E-state index >= 15 is 0 Å². The smallest absolute Gasteiger partial charge is 0.444 e. The number of aromatic nitrogens is 2. The molecule has 0 radical (unpaired) electrons. The molecule has 9 heteroatoms. The number of ether oxygens (including phenoxy) is 1. The molecule has 0 aliphatic carbocycles. The van der Waals surface area contributed by atoms with Crippen molar-refractivity contribution in [2.75, 3.05) is 0 Å². The summed E-state index contributed by atoms with van der Waals surface area (Å²) < 4.78 is 11.1. The molecule has 2 aromatic carbocycles. The number of phenolic OH excluding ortho intramolecular Hbond substituents is 1. The zero-order valence-corrected chi connectivity index (χ0v) is 11.4. The highest BCUT2D eigenvalue weighted by molar-refractivity contribution is 5.37. The van der Waals surface area contributed by atoms with Crippen LogP contribution in [0.2, 0.25) is 0 Å². The van der Waals surface area contributed by atoms with Crippen LogP contribution in [0.1, 0.15) is 0 Å². The normalized spacial score (nSPS) is 10.4. The van der Waals surface area contributed by atoms with Gasteiger partial charge in [0.15, 0.2) is 0 Å². The first-order valence-corrected chi connectivity index (χ1v) is 6.35. The van der Waals surface area contributed by atoms with E-state index in [1.165, 1.54) is 48.5 Å². The van der Waals surface area contributed by atoms with E-state index < -0.39 is 10.7 Å². The Morgan fingerprint density at radius 2 is 1.78 bits per heavy atom. The molecule has 3 aromatic rings. The van der Waals surface area contributed by atoms with E-state index in [1.54, 1.807) is 0 Å². The number of nitro benzene ring substituents is 1. The van der Waals surface area contributed by atoms with Crippen LogP contribution >= 0.6 is 0 Å². The summed E-state index contributed by atoms with van der Waals surface area (Å²) >= 11 is 0. The lowest BCUT2D eigenvalue weighted by atomic mass is 10.3. The van der Waals surface area contributed by atoms with Crippen LogP contribution in [0, 0.1) is 10.1 Å². The molecular formula is C14H9N3O6. The van der Waals surface area contributed by atoms with Gasteiger partial charge in [0, 0.05) is 12.1 Å². The summed E-state index contributed by atoms with van der Waals surface area (Å²) in [5.74, 6) is -0.491. The number of non-ortho nitro benzene ring substituents is 1. The molecule has 1 N–H and O–H groups in total. The molecule has 1 heterocycles. The zero-order chi connectivity index (χ0) is 16.4. The highest BCUT2D eigenvalue weighted by Crippen LogP contribution is 2.22. The summed E-state index contributed by atoms with van der Waals surface area (Å²) in [5, 5.41) is 23.7. The van der Waals surface area contributed by atoms with Gasteiger partial charge in [0.2, 0.25) is 0 Å². The van der Waals surface area contributed by atoms with E-state index in [9.17, 15) is 20.0 Å². The van der Waals surface area contributed by atoms with Gasteiger partial charge >= 0.3 is 11.8 Å². The third-order valence-electron chi connectivity index (χ3n) is 2.88. The first-order chi connectivity index (χ1) is 11.0. The Kier molecular flexibility index (Phi) is 3.51. The van der Waals surface area contributed by atoms with Gasteiger partial charge in [0.05, 0.1) is 10.6 Å². The first kappa shape index (κ1) is 14.3. The summed E-state index contributed by atoms with van der Waals surface area (Å²) in [6, 6.07) is 11.0. The van der Waals surface area contributed by atoms with Gasteiger partial charge in [-0.15, -0.1) is 0 Å². The van der Waals surface area contributed by atoms with Gasteiger partial charge in [-0.1, -0.05) is 5.10 Å². The molecule has 9 nitrogen and oxygen atoms in total. The van der Waals surface area contributed by atoms with Crippen LogP contribution in [-0.2, 0) is 0 Å². The van der Waals surface area contributed by atoms with Gasteiger partial charge in [-0.2, -0.15) is 4.68 Å². The third-order valence-corrected chi connectivity index (χ3v) is 2.88. The van der Waals surface area contributed by atoms with E-state index in [0.29, 0.717) is 5.69 Å². The molecule has 0 fully saturated rings. The van der Waals surface area contributed by atoms with E-state index in [2.05, 4.69) is 5.10 Å². The molecule has 0 saturated heterocycles. The van der Waals surface area contributed by atoms with Crippen molar-refractivity contribution in [3.63, 3.8) is 0 Å². The van der Waals surface area contributed by atoms with E-state index in [1.807, 2.05) is 0 Å². The lowest BCUT2D eigenvalue weighted by molar-refractivity contribution is -0.384. The van der Waals surface area contributed by atoms with Gasteiger partial charge in [-0.05, 0) is 36.4 Å². The number of rotatable bonds is 4. The number of phenols is 1. The van der Waals surface area contributed by atoms with Gasteiger partial charge in [0.1, 0.15) is 11.5 Å². The maximum Gasteiger partial charge on any atom is 0.444 e. The number of hydrogen-bond acceptors (Lipinski definition) is 7. The SMILES string of the molecule is O=c1oc(Oc2ccc([N+](=O)[O-])cc2)nn1-c1ccc(O)cc1. The van der Waals surface area contributed by atoms with E-state index in [4.69, 9.17) is 9.15 Å². The van der Waals surface area contributed by atoms with Crippen molar-refractivity contribution in [2.24, 2.45) is 0 Å². The van der Waals surface area contributed by atoms with Crippen LogP contribution in [0.15, 0.2) is 57.7 Å². The van der Waals surface area contributed by atoms with Crippen LogP contribution in [0.4, 0.5) is 5.69 Å². The number of nitro groups is 1. The van der Waals surface area contributed by atoms with Gasteiger partial charge in [-0.3, -0.25) is 10.1 Å². The van der Waals surface area contributed by atoms with Crippen molar-refractivity contribution in [2.45, 2.75) is 0 Å². The molecule has 0 unspecified atom stereocenters. The second-order valence-electron chi connectivity index (χ2n) is 4.42. The Morgan fingerprint density at radius 1 is 1.13 bits per heavy atom. The minimum absolute atomic E-state index is 0.0487. The monoisotopic (exact) mass is 315 g/mol. The highest BCUT2D eigenvalue weighted by Gasteiger charge is 2.13. The Labute approximate surface area is 128 Å². The molecule has 0 bridgehead atoms. The number of nitrogens with zero attached hydrogens (tertiary/aromatic N) is 3. The summed E-state index contributed by atoms with van der Waals surface area (Å²) in [5.41, 5.74) is 0.295. The summed E-state index contributed by atoms with van der Waals surface area (Å²) in [4.78, 5) is 21.8. The first-order valence-electron chi connectivity index (χ1n) is 6.35. The molecule has 116 valence electrons. The quantitative estimate of drug-likeness (QED) is 0.578. The van der Waals surface area contributed by atoms with Crippen LogP contribution in [0.5, 0.6) is 17.6 Å². The van der Waals surface area contributed by atoms with E-state index in [0.717, 1.165) is 4.68 Å². The average Bonchev–Trinajstić information content (AvgIpc) is 2.89. The van der Waals surface area contributed by atoms with Gasteiger partial charge in [0.25, 0.3) is 5.69 Å². The van der Waals surface area contributed by atoms with Crippen molar-refractivity contribution in [3.8, 4) is 23.3 Å². The fourth-order valence-electron chi connectivity index (χ4n) is 1.80. The van der Waals surface area contributed by atoms with Crippen molar-refractivity contribution in [1.29, 1.82) is 0 Å². The number of hydrogen-bond donors (Lipinski definition) is 1. The zero-order valence-electron chi connectivity index (χ0n) is 11.4. The molecule has 0 aliphatic rings. The van der Waals surface area contributed by atoms with E-state index in [-0.39, 0.29) is 23.3 Å². The standard InChI is InChI=1S/C14H9N3O6/c18-11-5-1-9(2-6-11)16-14(19)23-13(15-16)22-12-7-3-10(4-8-12)17(20)21/h1-8,18H. The predicted octanol–water partition coefficient (Wildman–Crippen LogP) is 2.23. The third kappa shape index (κ3) is 3.02. The number of benzene rings is 2. The topological polar surface area (TPSA) is 121 Å². The Bertz CT molecular complexity index is 896. The van der Waals surface area contributed by atoms with Gasteiger partial charge < -0.3 is 14.3 Å². The second-order valence-corrected chi connectivity index (χ2v) is 4.42. The molecule has 23 heavy (non-hydrogen) atoms. The van der Waals surface area contributed by atoms with Crippen LogP contribution in [-0.4, -0.2) is 19.8 Å². The Balaban J connectivity index is 1.84. The molecule has 0 aliphatic heterocycles. The lowest BCUT2D eigenvalue weighted by Crippen LogP contribution is -2.12. The van der Waals surface area contributed by atoms with Crippen molar-refractivity contribution < 1.29 is 19.2 Å². The minimum Gasteiger partial charge on any atom is -0.508 e. The van der Waals surface area contributed by atoms with Crippen LogP contribution in [0.25, 0.3) is 5.69 Å². The van der Waals surface area contributed by atoms with Crippen molar-refractivity contribution in [3.05, 3.63) is 69.2 Å². The van der Waals surface area contributed by atoms with Crippen molar-refractivity contribution in [1.82, 2.24) is 9.78 Å². The van der Waals surface area contributed by atoms with Crippen LogP contribution < -0.4 is 10.5 Å². The molecule has 0 atom stereocenters. The van der Waals surface area contributed by atoms with Crippen LogP contribution in [0.3, 0.4) is 0 Å². The summed E-state index contributed by atoms with van der Waals surface area (Å²) in [7, 11) is 0. The number of aromatic hydroxyl groups is 1. The Hall–Kier alpha value is -3.62. The molecule has 0 amide bonds. The predicted molar refractivity (Wildman–Crippen MR) is 76.9 cm³/mol. The average molecular weight is 315 g/mol. The molecule has 3 rings (SSSR count). The molecule has 1 aromatic heterocycles. The largest absolute Gasteiger partial charge is 0.508 e. The fourth-order valence-corrected chi connectivity index (χ4v) is 1.80. The maximum absolute atomic E-state index is 11.8. The maximum atomic E-state index is 11.8. The fraction of sp³-hybridized carbons (Fsp3) is 0. The Morgan fingerprint density at radius 3 is 2.39 bits per heavy atom.